The highest BCUT2D eigenvalue weighted by Gasteiger charge is 2.30. The number of amides is 1. The van der Waals surface area contributed by atoms with Gasteiger partial charge >= 0.3 is 0 Å². The quantitative estimate of drug-likeness (QED) is 0.777. The zero-order valence-electron chi connectivity index (χ0n) is 18.4. The average Bonchev–Trinajstić information content (AvgIpc) is 3.07. The van der Waals surface area contributed by atoms with Crippen molar-refractivity contribution in [2.45, 2.75) is 46.6 Å². The number of nitrogens with zero attached hydrogens (tertiary/aromatic N) is 3. The van der Waals surface area contributed by atoms with Crippen LogP contribution in [0.15, 0.2) is 28.7 Å². The van der Waals surface area contributed by atoms with Crippen molar-refractivity contribution in [2.75, 3.05) is 39.3 Å². The number of carbonyl (C=O) groups excluding carboxylic acids is 1. The van der Waals surface area contributed by atoms with Crippen LogP contribution in [0.2, 0.25) is 0 Å². The number of rotatable bonds is 7. The SMILES string of the molecule is CCN1CCN(C(C)(C)CNC(=O)Cc2nc(-c3cccc(C)c3)oc2C)CC1. The molecule has 1 fully saturated rings. The average molecular weight is 399 g/mol. The molecule has 6 heteroatoms. The van der Waals surface area contributed by atoms with E-state index in [2.05, 4.69) is 40.9 Å². The highest BCUT2D eigenvalue weighted by Crippen LogP contribution is 2.23. The van der Waals surface area contributed by atoms with Crippen LogP contribution in [0.3, 0.4) is 0 Å². The fourth-order valence-corrected chi connectivity index (χ4v) is 3.80. The highest BCUT2D eigenvalue weighted by atomic mass is 16.4. The van der Waals surface area contributed by atoms with E-state index in [1.165, 1.54) is 0 Å². The molecular formula is C23H34N4O2. The first-order valence-electron chi connectivity index (χ1n) is 10.6. The second kappa shape index (κ2) is 9.09. The molecule has 1 amide bonds. The summed E-state index contributed by atoms with van der Waals surface area (Å²) in [6.07, 6.45) is 0.237. The number of oxazole rings is 1. The monoisotopic (exact) mass is 398 g/mol. The van der Waals surface area contributed by atoms with Gasteiger partial charge in [0, 0.05) is 43.8 Å². The van der Waals surface area contributed by atoms with Crippen LogP contribution in [0.25, 0.3) is 11.5 Å². The lowest BCUT2D eigenvalue weighted by Gasteiger charge is -2.44. The van der Waals surface area contributed by atoms with Crippen LogP contribution >= 0.6 is 0 Å². The summed E-state index contributed by atoms with van der Waals surface area (Å²) in [5, 5.41) is 3.10. The Balaban J connectivity index is 1.56. The van der Waals surface area contributed by atoms with Crippen LogP contribution in [0.1, 0.15) is 37.8 Å². The van der Waals surface area contributed by atoms with E-state index in [9.17, 15) is 4.79 Å². The molecule has 1 saturated heterocycles. The lowest BCUT2D eigenvalue weighted by molar-refractivity contribution is -0.121. The Kier molecular flexibility index (Phi) is 6.75. The van der Waals surface area contributed by atoms with E-state index in [-0.39, 0.29) is 17.9 Å². The van der Waals surface area contributed by atoms with Crippen molar-refractivity contribution in [2.24, 2.45) is 0 Å². The minimum atomic E-state index is -0.0684. The normalized spacial score (nSPS) is 16.2. The molecule has 6 nitrogen and oxygen atoms in total. The van der Waals surface area contributed by atoms with Gasteiger partial charge in [-0.05, 0) is 46.4 Å². The van der Waals surface area contributed by atoms with Crippen molar-refractivity contribution in [3.05, 3.63) is 41.3 Å². The van der Waals surface area contributed by atoms with E-state index in [1.54, 1.807) is 0 Å². The number of aromatic nitrogens is 1. The zero-order chi connectivity index (χ0) is 21.0. The standard InChI is InChI=1S/C23H34N4O2/c1-6-26-10-12-27(13-11-26)23(4,5)16-24-21(28)15-20-18(3)29-22(25-20)19-9-7-8-17(2)14-19/h7-9,14H,6,10-13,15-16H2,1-5H3,(H,24,28). The lowest BCUT2D eigenvalue weighted by Crippen LogP contribution is -2.58. The number of nitrogens with one attached hydrogen (secondary N) is 1. The molecule has 1 aromatic heterocycles. The number of aryl methyl sites for hydroxylation is 2. The second-order valence-corrected chi connectivity index (χ2v) is 8.58. The molecule has 2 aromatic rings. The first-order chi connectivity index (χ1) is 13.8. The lowest BCUT2D eigenvalue weighted by atomic mass is 10.0. The molecule has 2 heterocycles. The van der Waals surface area contributed by atoms with Crippen molar-refractivity contribution in [1.82, 2.24) is 20.1 Å². The third-order valence-corrected chi connectivity index (χ3v) is 5.88. The number of piperazine rings is 1. The van der Waals surface area contributed by atoms with E-state index in [0.717, 1.165) is 43.9 Å². The van der Waals surface area contributed by atoms with Crippen LogP contribution in [0.4, 0.5) is 0 Å². The summed E-state index contributed by atoms with van der Waals surface area (Å²) in [7, 11) is 0. The second-order valence-electron chi connectivity index (χ2n) is 8.58. The molecule has 0 spiro atoms. The Morgan fingerprint density at radius 3 is 2.59 bits per heavy atom. The summed E-state index contributed by atoms with van der Waals surface area (Å²) in [4.78, 5) is 22.1. The minimum Gasteiger partial charge on any atom is -0.441 e. The molecule has 29 heavy (non-hydrogen) atoms. The molecule has 158 valence electrons. The molecule has 0 atom stereocenters. The van der Waals surface area contributed by atoms with Gasteiger partial charge in [-0.1, -0.05) is 24.6 Å². The summed E-state index contributed by atoms with van der Waals surface area (Å²) < 4.78 is 5.81. The van der Waals surface area contributed by atoms with Gasteiger partial charge in [-0.15, -0.1) is 0 Å². The first-order valence-corrected chi connectivity index (χ1v) is 10.6. The highest BCUT2D eigenvalue weighted by molar-refractivity contribution is 5.78. The van der Waals surface area contributed by atoms with Crippen LogP contribution < -0.4 is 5.32 Å². The molecule has 1 N–H and O–H groups in total. The summed E-state index contributed by atoms with van der Waals surface area (Å²) >= 11 is 0. The van der Waals surface area contributed by atoms with E-state index in [0.29, 0.717) is 23.9 Å². The van der Waals surface area contributed by atoms with Crippen LogP contribution in [-0.2, 0) is 11.2 Å². The molecule has 1 aliphatic heterocycles. The fourth-order valence-electron chi connectivity index (χ4n) is 3.80. The molecule has 0 saturated carbocycles. The predicted molar refractivity (Wildman–Crippen MR) is 116 cm³/mol. The Bertz CT molecular complexity index is 835. The largest absolute Gasteiger partial charge is 0.441 e. The summed E-state index contributed by atoms with van der Waals surface area (Å²) in [6.45, 7) is 16.5. The number of hydrogen-bond acceptors (Lipinski definition) is 5. The van der Waals surface area contributed by atoms with Crippen molar-refractivity contribution in [3.63, 3.8) is 0 Å². The van der Waals surface area contributed by atoms with Gasteiger partial charge in [0.2, 0.25) is 11.8 Å². The third-order valence-electron chi connectivity index (χ3n) is 5.88. The van der Waals surface area contributed by atoms with Gasteiger partial charge in [-0.25, -0.2) is 4.98 Å². The molecule has 1 aromatic carbocycles. The molecular weight excluding hydrogens is 364 g/mol. The van der Waals surface area contributed by atoms with E-state index in [1.807, 2.05) is 38.1 Å². The van der Waals surface area contributed by atoms with Crippen molar-refractivity contribution >= 4 is 5.91 Å². The van der Waals surface area contributed by atoms with E-state index in [4.69, 9.17) is 4.42 Å². The van der Waals surface area contributed by atoms with Gasteiger partial charge in [0.15, 0.2) is 0 Å². The molecule has 0 aliphatic carbocycles. The Hall–Kier alpha value is -2.18. The Morgan fingerprint density at radius 1 is 1.21 bits per heavy atom. The summed E-state index contributed by atoms with van der Waals surface area (Å²) in [6, 6.07) is 8.04. The first kappa shape index (κ1) is 21.5. The third kappa shape index (κ3) is 5.46. The van der Waals surface area contributed by atoms with Gasteiger partial charge in [-0.3, -0.25) is 9.69 Å². The van der Waals surface area contributed by atoms with E-state index >= 15 is 0 Å². The number of carbonyl (C=O) groups is 1. The smallest absolute Gasteiger partial charge is 0.226 e. The van der Waals surface area contributed by atoms with Crippen LogP contribution in [0.5, 0.6) is 0 Å². The van der Waals surface area contributed by atoms with Crippen molar-refractivity contribution in [1.29, 1.82) is 0 Å². The maximum atomic E-state index is 12.6. The topological polar surface area (TPSA) is 61.6 Å². The zero-order valence-corrected chi connectivity index (χ0v) is 18.4. The molecule has 0 unspecified atom stereocenters. The van der Waals surface area contributed by atoms with Crippen molar-refractivity contribution in [3.8, 4) is 11.5 Å². The number of hydrogen-bond donors (Lipinski definition) is 1. The van der Waals surface area contributed by atoms with Gasteiger partial charge in [-0.2, -0.15) is 0 Å². The van der Waals surface area contributed by atoms with Crippen LogP contribution in [-0.4, -0.2) is 65.5 Å². The summed E-state index contributed by atoms with van der Waals surface area (Å²) in [5.41, 5.74) is 2.72. The summed E-state index contributed by atoms with van der Waals surface area (Å²) in [5.74, 6) is 1.26. The van der Waals surface area contributed by atoms with Gasteiger partial charge in [0.1, 0.15) is 5.76 Å². The maximum Gasteiger partial charge on any atom is 0.226 e. The van der Waals surface area contributed by atoms with Gasteiger partial charge in [0.05, 0.1) is 12.1 Å². The van der Waals surface area contributed by atoms with Crippen LogP contribution in [0, 0.1) is 13.8 Å². The Labute approximate surface area is 174 Å². The molecule has 0 radical (unpaired) electrons. The molecule has 1 aliphatic rings. The Morgan fingerprint density at radius 2 is 1.93 bits per heavy atom. The maximum absolute atomic E-state index is 12.6. The predicted octanol–water partition coefficient (Wildman–Crippen LogP) is 3.03. The fraction of sp³-hybridized carbons (Fsp3) is 0.565. The molecule has 3 rings (SSSR count). The number of likely N-dealkylation sites (N-methyl/N-ethyl adjacent to an activating group) is 1. The van der Waals surface area contributed by atoms with Gasteiger partial charge in [0.25, 0.3) is 0 Å². The van der Waals surface area contributed by atoms with Crippen molar-refractivity contribution < 1.29 is 9.21 Å². The minimum absolute atomic E-state index is 0.0162. The number of benzene rings is 1. The van der Waals surface area contributed by atoms with E-state index < -0.39 is 0 Å². The molecule has 0 bridgehead atoms. The van der Waals surface area contributed by atoms with Gasteiger partial charge < -0.3 is 14.6 Å².